The third kappa shape index (κ3) is 3.87. The molecule has 0 aliphatic rings. The molecule has 3 aromatic rings. The van der Waals surface area contributed by atoms with Crippen molar-refractivity contribution in [1.29, 1.82) is 5.26 Å². The van der Waals surface area contributed by atoms with Gasteiger partial charge in [0.2, 0.25) is 0 Å². The smallest absolute Gasteiger partial charge is 0.310 e. The number of aliphatic hydroxyl groups excluding tert-OH is 1. The maximum Gasteiger partial charge on any atom is 0.310 e. The second kappa shape index (κ2) is 7.49. The van der Waals surface area contributed by atoms with Crippen LogP contribution in [0.2, 0.25) is 0 Å². The van der Waals surface area contributed by atoms with Gasteiger partial charge >= 0.3 is 5.97 Å². The normalized spacial score (nSPS) is 11.7. The Bertz CT molecular complexity index is 1000. The van der Waals surface area contributed by atoms with Crippen LogP contribution < -0.4 is 0 Å². The molecule has 26 heavy (non-hydrogen) atoms. The Morgan fingerprint density at radius 2 is 2.08 bits per heavy atom. The van der Waals surface area contributed by atoms with E-state index in [9.17, 15) is 19.6 Å². The number of aromatic amines is 1. The summed E-state index contributed by atoms with van der Waals surface area (Å²) in [5.41, 5.74) is 1.70. The third-order valence-corrected chi connectivity index (χ3v) is 3.63. The molecule has 0 radical (unpaired) electrons. The molecule has 2 aromatic carbocycles. The number of aliphatic hydroxyl groups is 1. The van der Waals surface area contributed by atoms with Crippen molar-refractivity contribution in [3.8, 4) is 6.07 Å². The van der Waals surface area contributed by atoms with Crippen LogP contribution in [0.15, 0.2) is 54.3 Å². The van der Waals surface area contributed by atoms with E-state index in [1.54, 1.807) is 24.3 Å². The predicted molar refractivity (Wildman–Crippen MR) is 92.3 cm³/mol. The van der Waals surface area contributed by atoms with Gasteiger partial charge in [0.15, 0.2) is 11.6 Å². The summed E-state index contributed by atoms with van der Waals surface area (Å²) in [5.74, 6) is -1.33. The zero-order valence-electron chi connectivity index (χ0n) is 13.6. The number of aromatic nitrogens is 2. The molecule has 0 bridgehead atoms. The van der Waals surface area contributed by atoms with Gasteiger partial charge in [-0.1, -0.05) is 24.3 Å². The SMILES string of the molecule is N#C/C(=C(/O)COC(=O)Cc1cccc(F)c1)c1nc2ccccc2[nH]1. The van der Waals surface area contributed by atoms with E-state index >= 15 is 0 Å². The largest absolute Gasteiger partial charge is 0.507 e. The van der Waals surface area contributed by atoms with Crippen LogP contribution in [-0.2, 0) is 16.0 Å². The number of hydrogen-bond donors (Lipinski definition) is 2. The molecule has 3 rings (SSSR count). The molecule has 130 valence electrons. The van der Waals surface area contributed by atoms with Crippen LogP contribution in [0.4, 0.5) is 4.39 Å². The van der Waals surface area contributed by atoms with Gasteiger partial charge in [0.1, 0.15) is 24.1 Å². The van der Waals surface area contributed by atoms with Gasteiger partial charge in [0.25, 0.3) is 0 Å². The Morgan fingerprint density at radius 3 is 2.81 bits per heavy atom. The predicted octanol–water partition coefficient (Wildman–Crippen LogP) is 3.28. The number of ether oxygens (including phenoxy) is 1. The van der Waals surface area contributed by atoms with Crippen molar-refractivity contribution < 1.29 is 19.0 Å². The van der Waals surface area contributed by atoms with Crippen molar-refractivity contribution in [3.05, 3.63) is 71.5 Å². The first-order valence-electron chi connectivity index (χ1n) is 7.74. The quantitative estimate of drug-likeness (QED) is 0.417. The van der Waals surface area contributed by atoms with Crippen LogP contribution in [0.5, 0.6) is 0 Å². The lowest BCUT2D eigenvalue weighted by molar-refractivity contribution is -0.142. The zero-order chi connectivity index (χ0) is 18.5. The maximum absolute atomic E-state index is 13.1. The van der Waals surface area contributed by atoms with Crippen molar-refractivity contribution in [3.63, 3.8) is 0 Å². The van der Waals surface area contributed by atoms with E-state index in [-0.39, 0.29) is 17.8 Å². The minimum Gasteiger partial charge on any atom is -0.507 e. The summed E-state index contributed by atoms with van der Waals surface area (Å²) in [4.78, 5) is 19.0. The highest BCUT2D eigenvalue weighted by Crippen LogP contribution is 2.18. The first kappa shape index (κ1) is 17.2. The first-order chi connectivity index (χ1) is 12.6. The highest BCUT2D eigenvalue weighted by molar-refractivity contribution is 5.83. The van der Waals surface area contributed by atoms with E-state index in [2.05, 4.69) is 9.97 Å². The van der Waals surface area contributed by atoms with Crippen molar-refractivity contribution >= 4 is 22.6 Å². The topological polar surface area (TPSA) is 99.0 Å². The molecule has 0 amide bonds. The fourth-order valence-electron chi connectivity index (χ4n) is 2.41. The highest BCUT2D eigenvalue weighted by atomic mass is 19.1. The van der Waals surface area contributed by atoms with Gasteiger partial charge in [-0.3, -0.25) is 4.79 Å². The van der Waals surface area contributed by atoms with Crippen LogP contribution in [0, 0.1) is 17.1 Å². The van der Waals surface area contributed by atoms with Gasteiger partial charge in [-0.2, -0.15) is 5.26 Å². The minimum absolute atomic E-state index is 0.111. The molecule has 0 saturated heterocycles. The number of para-hydroxylation sites is 2. The monoisotopic (exact) mass is 351 g/mol. The summed E-state index contributed by atoms with van der Waals surface area (Å²) in [6.45, 7) is -0.478. The third-order valence-electron chi connectivity index (χ3n) is 3.63. The Morgan fingerprint density at radius 1 is 1.27 bits per heavy atom. The summed E-state index contributed by atoms with van der Waals surface area (Å²) >= 11 is 0. The van der Waals surface area contributed by atoms with E-state index in [1.807, 2.05) is 12.1 Å². The Hall–Kier alpha value is -3.66. The average Bonchev–Trinajstić information content (AvgIpc) is 3.04. The number of nitriles is 1. The fraction of sp³-hybridized carbons (Fsp3) is 0.105. The highest BCUT2D eigenvalue weighted by Gasteiger charge is 2.15. The second-order valence-electron chi connectivity index (χ2n) is 5.50. The number of allylic oxidation sites excluding steroid dienone is 1. The summed E-state index contributed by atoms with van der Waals surface area (Å²) in [6.07, 6.45) is -0.141. The van der Waals surface area contributed by atoms with Gasteiger partial charge in [0, 0.05) is 0 Å². The van der Waals surface area contributed by atoms with E-state index in [0.29, 0.717) is 16.6 Å². The lowest BCUT2D eigenvalue weighted by Crippen LogP contribution is -2.11. The Balaban J connectivity index is 1.70. The molecule has 7 heteroatoms. The number of carbonyl (C=O) groups is 1. The number of hydrogen-bond acceptors (Lipinski definition) is 5. The number of halogens is 1. The molecular weight excluding hydrogens is 337 g/mol. The van der Waals surface area contributed by atoms with Gasteiger partial charge in [-0.15, -0.1) is 0 Å². The van der Waals surface area contributed by atoms with Crippen molar-refractivity contribution in [2.24, 2.45) is 0 Å². The first-order valence-corrected chi connectivity index (χ1v) is 7.74. The molecule has 0 aliphatic heterocycles. The Labute approximate surface area is 148 Å². The molecule has 0 fully saturated rings. The fourth-order valence-corrected chi connectivity index (χ4v) is 2.41. The second-order valence-corrected chi connectivity index (χ2v) is 5.50. The van der Waals surface area contributed by atoms with Gasteiger partial charge < -0.3 is 14.8 Å². The molecule has 0 saturated carbocycles. The molecule has 1 heterocycles. The van der Waals surface area contributed by atoms with Gasteiger partial charge in [-0.05, 0) is 29.8 Å². The summed E-state index contributed by atoms with van der Waals surface area (Å²) in [6, 6.07) is 14.6. The number of carbonyl (C=O) groups excluding carboxylic acids is 1. The van der Waals surface area contributed by atoms with Crippen LogP contribution >= 0.6 is 0 Å². The lowest BCUT2D eigenvalue weighted by atomic mass is 10.1. The molecule has 6 nitrogen and oxygen atoms in total. The number of benzene rings is 2. The number of H-pyrrole nitrogens is 1. The molecular formula is C19H14FN3O3. The molecule has 2 N–H and O–H groups in total. The number of nitrogens with one attached hydrogen (secondary N) is 1. The van der Waals surface area contributed by atoms with Crippen LogP contribution in [0.25, 0.3) is 16.6 Å². The summed E-state index contributed by atoms with van der Waals surface area (Å²) in [5, 5.41) is 19.4. The lowest BCUT2D eigenvalue weighted by Gasteiger charge is -2.06. The zero-order valence-corrected chi connectivity index (χ0v) is 13.6. The van der Waals surface area contributed by atoms with Crippen molar-refractivity contribution in [2.45, 2.75) is 6.42 Å². The number of nitrogens with zero attached hydrogens (tertiary/aromatic N) is 2. The number of imidazole rings is 1. The molecule has 0 aliphatic carbocycles. The van der Waals surface area contributed by atoms with Crippen molar-refractivity contribution in [1.82, 2.24) is 9.97 Å². The number of esters is 1. The molecule has 1 aromatic heterocycles. The standard InChI is InChI=1S/C19H14FN3O3/c20-13-5-3-4-12(8-13)9-18(25)26-11-17(24)14(10-21)19-22-15-6-1-2-7-16(15)23-19/h1-8,24H,9,11H2,(H,22,23)/b17-14-. The maximum atomic E-state index is 13.1. The summed E-state index contributed by atoms with van der Waals surface area (Å²) < 4.78 is 18.1. The number of fused-ring (bicyclic) bond motifs is 1. The van der Waals surface area contributed by atoms with Crippen LogP contribution in [0.3, 0.4) is 0 Å². The van der Waals surface area contributed by atoms with Crippen molar-refractivity contribution in [2.75, 3.05) is 6.61 Å². The van der Waals surface area contributed by atoms with E-state index in [4.69, 9.17) is 4.74 Å². The Kier molecular flexibility index (Phi) is 4.94. The van der Waals surface area contributed by atoms with Crippen LogP contribution in [-0.4, -0.2) is 27.7 Å². The van der Waals surface area contributed by atoms with Crippen LogP contribution in [0.1, 0.15) is 11.4 Å². The molecule has 0 atom stereocenters. The van der Waals surface area contributed by atoms with Gasteiger partial charge in [0.05, 0.1) is 17.5 Å². The number of rotatable bonds is 5. The summed E-state index contributed by atoms with van der Waals surface area (Å²) in [7, 11) is 0. The van der Waals surface area contributed by atoms with E-state index < -0.39 is 24.2 Å². The van der Waals surface area contributed by atoms with Gasteiger partial charge in [-0.25, -0.2) is 9.37 Å². The van der Waals surface area contributed by atoms with E-state index in [0.717, 1.165) is 0 Å². The van der Waals surface area contributed by atoms with E-state index in [1.165, 1.54) is 18.2 Å². The average molecular weight is 351 g/mol. The minimum atomic E-state index is -0.649. The molecule has 0 unspecified atom stereocenters. The molecule has 0 spiro atoms.